The van der Waals surface area contributed by atoms with Gasteiger partial charge in [0.2, 0.25) is 0 Å². The monoisotopic (exact) mass is 408 g/mol. The number of aryl methyl sites for hydroxylation is 3. The highest BCUT2D eigenvalue weighted by molar-refractivity contribution is 5.93. The van der Waals surface area contributed by atoms with Crippen molar-refractivity contribution in [2.24, 2.45) is 0 Å². The van der Waals surface area contributed by atoms with Crippen LogP contribution >= 0.6 is 0 Å². The Morgan fingerprint density at radius 1 is 1.00 bits per heavy atom. The Balaban J connectivity index is 1.52. The van der Waals surface area contributed by atoms with Gasteiger partial charge >= 0.3 is 0 Å². The number of amides is 2. The molecule has 2 amide bonds. The van der Waals surface area contributed by atoms with Gasteiger partial charge < -0.3 is 20.0 Å². The van der Waals surface area contributed by atoms with Gasteiger partial charge in [-0.3, -0.25) is 9.59 Å². The molecular weight excluding hydrogens is 378 g/mol. The maximum atomic E-state index is 12.5. The maximum absolute atomic E-state index is 12.5. The number of para-hydroxylation sites is 1. The molecule has 0 saturated carbocycles. The van der Waals surface area contributed by atoms with Gasteiger partial charge in [-0.25, -0.2) is 0 Å². The number of carbonyl (C=O) groups is 2. The molecule has 0 saturated heterocycles. The topological polar surface area (TPSA) is 75.8 Å². The zero-order valence-electron chi connectivity index (χ0n) is 18.3. The fraction of sp³-hybridized carbons (Fsp3) is 0.333. The minimum atomic E-state index is -0.246. The van der Waals surface area contributed by atoms with Crippen molar-refractivity contribution < 1.29 is 18.9 Å². The lowest BCUT2D eigenvalue weighted by molar-refractivity contribution is -0.862. The summed E-state index contributed by atoms with van der Waals surface area (Å²) in [5, 5.41) is 6.94. The number of rotatable bonds is 7. The molecule has 3 aromatic rings. The van der Waals surface area contributed by atoms with Gasteiger partial charge in [0.05, 0.1) is 13.1 Å². The normalized spacial score (nSPS) is 13.1. The minimum absolute atomic E-state index is 0.110. The smallest absolute Gasteiger partial charge is 0.279 e. The standard InChI is InChI=1S/C24H29N3O3/c1-15-10-16(2)24(17(3)11-15)26-23(29)14-27(5)13-22(28)25-18(4)21-12-19-8-6-7-9-20(19)30-21/h6-12,18H,13-14H2,1-5H3,(H,25,28)(H,26,29)/p+1/t18-/m0/s1. The molecule has 6 heteroatoms. The van der Waals surface area contributed by atoms with Crippen molar-refractivity contribution in [1.82, 2.24) is 5.32 Å². The second kappa shape index (κ2) is 9.13. The van der Waals surface area contributed by atoms with Crippen molar-refractivity contribution in [3.63, 3.8) is 0 Å². The van der Waals surface area contributed by atoms with Gasteiger partial charge in [0, 0.05) is 11.1 Å². The molecule has 158 valence electrons. The van der Waals surface area contributed by atoms with Crippen LogP contribution in [0.2, 0.25) is 0 Å². The van der Waals surface area contributed by atoms with Crippen LogP contribution in [0.3, 0.4) is 0 Å². The third kappa shape index (κ3) is 5.27. The molecule has 0 spiro atoms. The molecule has 3 rings (SSSR count). The molecule has 0 fully saturated rings. The lowest BCUT2D eigenvalue weighted by atomic mass is 10.1. The lowest BCUT2D eigenvalue weighted by Crippen LogP contribution is -3.11. The molecule has 0 aliphatic rings. The van der Waals surface area contributed by atoms with E-state index in [9.17, 15) is 9.59 Å². The number of furan rings is 1. The van der Waals surface area contributed by atoms with Crippen molar-refractivity contribution in [2.45, 2.75) is 33.7 Å². The molecule has 1 heterocycles. The molecule has 3 N–H and O–H groups in total. The second-order valence-corrected chi connectivity index (χ2v) is 8.11. The first kappa shape index (κ1) is 21.6. The number of hydrogen-bond donors (Lipinski definition) is 3. The Morgan fingerprint density at radius 2 is 1.63 bits per heavy atom. The van der Waals surface area contributed by atoms with Crippen LogP contribution in [0, 0.1) is 20.8 Å². The van der Waals surface area contributed by atoms with E-state index in [4.69, 9.17) is 4.42 Å². The predicted molar refractivity (Wildman–Crippen MR) is 119 cm³/mol. The van der Waals surface area contributed by atoms with Crippen LogP contribution in [0.4, 0.5) is 5.69 Å². The quantitative estimate of drug-likeness (QED) is 0.563. The largest absolute Gasteiger partial charge is 0.459 e. The van der Waals surface area contributed by atoms with Gasteiger partial charge in [0.1, 0.15) is 11.3 Å². The molecule has 0 aliphatic carbocycles. The van der Waals surface area contributed by atoms with Gasteiger partial charge in [-0.2, -0.15) is 0 Å². The van der Waals surface area contributed by atoms with E-state index < -0.39 is 0 Å². The molecule has 0 aliphatic heterocycles. The summed E-state index contributed by atoms with van der Waals surface area (Å²) in [6, 6.07) is 13.5. The zero-order chi connectivity index (χ0) is 21.8. The summed E-state index contributed by atoms with van der Waals surface area (Å²) in [5.41, 5.74) is 4.89. The van der Waals surface area contributed by atoms with Crippen molar-refractivity contribution in [1.29, 1.82) is 0 Å². The highest BCUT2D eigenvalue weighted by Crippen LogP contribution is 2.23. The Morgan fingerprint density at radius 3 is 2.30 bits per heavy atom. The summed E-state index contributed by atoms with van der Waals surface area (Å²) < 4.78 is 5.81. The number of likely N-dealkylation sites (N-methyl/N-ethyl adjacent to an activating group) is 1. The third-order valence-corrected chi connectivity index (χ3v) is 5.11. The van der Waals surface area contributed by atoms with Crippen molar-refractivity contribution in [2.75, 3.05) is 25.5 Å². The molecule has 2 aromatic carbocycles. The highest BCUT2D eigenvalue weighted by Gasteiger charge is 2.19. The first-order chi connectivity index (χ1) is 14.2. The van der Waals surface area contributed by atoms with Crippen LogP contribution < -0.4 is 15.5 Å². The lowest BCUT2D eigenvalue weighted by Gasteiger charge is -2.17. The summed E-state index contributed by atoms with van der Waals surface area (Å²) >= 11 is 0. The predicted octanol–water partition coefficient (Wildman–Crippen LogP) is 2.69. The molecular formula is C24H30N3O3+. The number of hydrogen-bond acceptors (Lipinski definition) is 3. The number of fused-ring (bicyclic) bond motifs is 1. The minimum Gasteiger partial charge on any atom is -0.459 e. The number of benzene rings is 2. The zero-order valence-corrected chi connectivity index (χ0v) is 18.3. The van der Waals surface area contributed by atoms with Crippen LogP contribution in [0.1, 0.15) is 35.4 Å². The maximum Gasteiger partial charge on any atom is 0.279 e. The summed E-state index contributed by atoms with van der Waals surface area (Å²) in [6.45, 7) is 8.30. The van der Waals surface area contributed by atoms with E-state index in [1.807, 2.05) is 77.2 Å². The fourth-order valence-electron chi connectivity index (χ4n) is 3.75. The van der Waals surface area contributed by atoms with Crippen molar-refractivity contribution in [3.8, 4) is 0 Å². The van der Waals surface area contributed by atoms with E-state index in [1.165, 1.54) is 5.56 Å². The van der Waals surface area contributed by atoms with Gasteiger partial charge in [-0.1, -0.05) is 35.9 Å². The SMILES string of the molecule is Cc1cc(C)c(NC(=O)C[NH+](C)CC(=O)N[C@@H](C)c2cc3ccccc3o2)c(C)c1. The van der Waals surface area contributed by atoms with Gasteiger partial charge in [-0.05, 0) is 51.0 Å². The number of quaternary nitrogens is 1. The first-order valence-electron chi connectivity index (χ1n) is 10.2. The summed E-state index contributed by atoms with van der Waals surface area (Å²) in [7, 11) is 1.83. The van der Waals surface area contributed by atoms with Crippen LogP contribution in [-0.2, 0) is 9.59 Å². The van der Waals surface area contributed by atoms with E-state index in [2.05, 4.69) is 10.6 Å². The van der Waals surface area contributed by atoms with E-state index in [0.717, 1.165) is 32.7 Å². The molecule has 0 radical (unpaired) electrons. The first-order valence-corrected chi connectivity index (χ1v) is 10.2. The van der Waals surface area contributed by atoms with Crippen molar-refractivity contribution >= 4 is 28.5 Å². The van der Waals surface area contributed by atoms with E-state index >= 15 is 0 Å². The van der Waals surface area contributed by atoms with Crippen LogP contribution in [0.5, 0.6) is 0 Å². The number of anilines is 1. The third-order valence-electron chi connectivity index (χ3n) is 5.11. The average Bonchev–Trinajstić information content (AvgIpc) is 3.08. The van der Waals surface area contributed by atoms with E-state index in [-0.39, 0.29) is 30.9 Å². The van der Waals surface area contributed by atoms with Gasteiger partial charge in [-0.15, -0.1) is 0 Å². The molecule has 6 nitrogen and oxygen atoms in total. The summed E-state index contributed by atoms with van der Waals surface area (Å²) in [6.07, 6.45) is 0. The highest BCUT2D eigenvalue weighted by atomic mass is 16.3. The van der Waals surface area contributed by atoms with Gasteiger partial charge in [0.25, 0.3) is 11.8 Å². The van der Waals surface area contributed by atoms with Gasteiger partial charge in [0.15, 0.2) is 13.1 Å². The summed E-state index contributed by atoms with van der Waals surface area (Å²) in [4.78, 5) is 25.7. The Hall–Kier alpha value is -3.12. The molecule has 1 unspecified atom stereocenters. The molecule has 1 aromatic heterocycles. The van der Waals surface area contributed by atoms with E-state index in [1.54, 1.807) is 0 Å². The Bertz CT molecular complexity index is 1010. The average molecular weight is 409 g/mol. The molecule has 0 bridgehead atoms. The van der Waals surface area contributed by atoms with Crippen LogP contribution in [0.25, 0.3) is 11.0 Å². The Labute approximate surface area is 177 Å². The second-order valence-electron chi connectivity index (χ2n) is 8.11. The molecule has 30 heavy (non-hydrogen) atoms. The van der Waals surface area contributed by atoms with E-state index in [0.29, 0.717) is 5.76 Å². The fourth-order valence-corrected chi connectivity index (χ4v) is 3.75. The van der Waals surface area contributed by atoms with Crippen LogP contribution in [0.15, 0.2) is 46.9 Å². The summed E-state index contributed by atoms with van der Waals surface area (Å²) in [5.74, 6) is 0.474. The number of carbonyl (C=O) groups excluding carboxylic acids is 2. The van der Waals surface area contributed by atoms with Crippen LogP contribution in [-0.4, -0.2) is 32.0 Å². The molecule has 2 atom stereocenters. The number of nitrogens with one attached hydrogen (secondary N) is 3. The van der Waals surface area contributed by atoms with Crippen molar-refractivity contribution in [3.05, 3.63) is 64.9 Å². The Kier molecular flexibility index (Phi) is 6.57.